The minimum atomic E-state index is -0.684. The molecule has 0 radical (unpaired) electrons. The lowest BCUT2D eigenvalue weighted by molar-refractivity contribution is -0.112. The Morgan fingerprint density at radius 3 is 3.00 bits per heavy atom. The zero-order chi connectivity index (χ0) is 8.97. The molecule has 12 heavy (non-hydrogen) atoms. The Bertz CT molecular complexity index is 365. The highest BCUT2D eigenvalue weighted by Gasteiger charge is 1.90. The molecule has 60 valence electrons. The van der Waals surface area contributed by atoms with Crippen LogP contribution in [0.5, 0.6) is 0 Å². The number of rotatable bonds is 0. The molecule has 4 heteroatoms. The van der Waals surface area contributed by atoms with Crippen molar-refractivity contribution >= 4 is 17.5 Å². The lowest BCUT2D eigenvalue weighted by atomic mass is 10.3. The number of aromatic nitrogens is 1. The largest absolute Gasteiger partial charge is 0.359 e. The highest BCUT2D eigenvalue weighted by atomic mass is 35.5. The van der Waals surface area contributed by atoms with Gasteiger partial charge in [0, 0.05) is 17.1 Å². The molecule has 0 spiro atoms. The minimum absolute atomic E-state index is 0.432. The Morgan fingerprint density at radius 1 is 1.67 bits per heavy atom. The summed E-state index contributed by atoms with van der Waals surface area (Å²) in [6, 6.07) is 3.18. The third-order valence-electron chi connectivity index (χ3n) is 1.04. The first kappa shape index (κ1) is 8.57. The van der Waals surface area contributed by atoms with Gasteiger partial charge >= 0.3 is 0 Å². The van der Waals surface area contributed by atoms with Crippen LogP contribution in [-0.4, -0.2) is 10.9 Å². The van der Waals surface area contributed by atoms with E-state index in [4.69, 9.17) is 17.3 Å². The lowest BCUT2D eigenvalue weighted by Crippen LogP contribution is -2.06. The zero-order valence-electron chi connectivity index (χ0n) is 6.04. The normalized spacial score (nSPS) is 8.42. The molecule has 0 aliphatic carbocycles. The summed E-state index contributed by atoms with van der Waals surface area (Å²) in [4.78, 5) is 14.1. The smallest absolute Gasteiger partial charge is 0.293 e. The van der Waals surface area contributed by atoms with Crippen LogP contribution in [0.25, 0.3) is 0 Å². The van der Waals surface area contributed by atoms with Crippen LogP contribution in [0.15, 0.2) is 18.3 Å². The number of primary amides is 1. The third-order valence-corrected chi connectivity index (χ3v) is 1.27. The van der Waals surface area contributed by atoms with Gasteiger partial charge in [-0.1, -0.05) is 11.6 Å². The van der Waals surface area contributed by atoms with Crippen molar-refractivity contribution in [2.45, 2.75) is 0 Å². The summed E-state index contributed by atoms with van der Waals surface area (Å²) in [7, 11) is 0. The quantitative estimate of drug-likeness (QED) is 0.594. The second-order valence-corrected chi connectivity index (χ2v) is 2.41. The first-order valence-corrected chi connectivity index (χ1v) is 3.49. The molecule has 0 aliphatic heterocycles. The number of pyridine rings is 1. The third kappa shape index (κ3) is 2.60. The first-order valence-electron chi connectivity index (χ1n) is 3.11. The van der Waals surface area contributed by atoms with Gasteiger partial charge < -0.3 is 5.73 Å². The van der Waals surface area contributed by atoms with Crippen molar-refractivity contribution in [2.24, 2.45) is 5.73 Å². The van der Waals surface area contributed by atoms with Gasteiger partial charge in [0.05, 0.1) is 0 Å². The Labute approximate surface area is 74.5 Å². The molecule has 3 nitrogen and oxygen atoms in total. The number of nitrogens with zero attached hydrogens (tertiary/aromatic N) is 1. The zero-order valence-corrected chi connectivity index (χ0v) is 6.80. The number of hydrogen-bond acceptors (Lipinski definition) is 2. The van der Waals surface area contributed by atoms with Crippen molar-refractivity contribution < 1.29 is 4.79 Å². The van der Waals surface area contributed by atoms with Gasteiger partial charge in [0.15, 0.2) is 0 Å². The van der Waals surface area contributed by atoms with E-state index in [2.05, 4.69) is 16.8 Å². The number of carbonyl (C=O) groups is 1. The Hall–Kier alpha value is -1.53. The summed E-state index contributed by atoms with van der Waals surface area (Å²) in [6.45, 7) is 0. The molecular formula is C8H5ClN2O. The molecule has 0 atom stereocenters. The molecule has 0 aliphatic rings. The predicted molar refractivity (Wildman–Crippen MR) is 45.3 cm³/mol. The molecule has 0 saturated heterocycles. The van der Waals surface area contributed by atoms with E-state index >= 15 is 0 Å². The highest BCUT2D eigenvalue weighted by Crippen LogP contribution is 2.06. The molecule has 0 bridgehead atoms. The maximum atomic E-state index is 10.2. The molecule has 0 fully saturated rings. The average Bonchev–Trinajstić information content (AvgIpc) is 2.01. The van der Waals surface area contributed by atoms with Gasteiger partial charge in [-0.15, -0.1) is 0 Å². The van der Waals surface area contributed by atoms with Crippen molar-refractivity contribution in [3.8, 4) is 11.8 Å². The SMILES string of the molecule is NC(=O)C#Cc1cc(Cl)ccn1. The number of amides is 1. The molecule has 1 heterocycles. The Morgan fingerprint density at radius 2 is 2.42 bits per heavy atom. The fraction of sp³-hybridized carbons (Fsp3) is 0. The summed E-state index contributed by atoms with van der Waals surface area (Å²) in [5.74, 6) is 3.94. The molecule has 2 N–H and O–H groups in total. The molecule has 1 aromatic heterocycles. The Balaban J connectivity index is 2.92. The van der Waals surface area contributed by atoms with Crippen LogP contribution in [0.2, 0.25) is 5.02 Å². The molecule has 0 aromatic carbocycles. The number of halogens is 1. The van der Waals surface area contributed by atoms with Crippen molar-refractivity contribution in [3.63, 3.8) is 0 Å². The van der Waals surface area contributed by atoms with E-state index in [1.807, 2.05) is 0 Å². The molecule has 0 saturated carbocycles. The summed E-state index contributed by atoms with van der Waals surface area (Å²) in [5.41, 5.74) is 5.24. The number of carbonyl (C=O) groups excluding carboxylic acids is 1. The number of hydrogen-bond donors (Lipinski definition) is 1. The average molecular weight is 181 g/mol. The molecule has 1 aromatic rings. The molecule has 0 unspecified atom stereocenters. The van der Waals surface area contributed by atoms with Crippen LogP contribution in [0, 0.1) is 11.8 Å². The van der Waals surface area contributed by atoms with Crippen molar-refractivity contribution in [3.05, 3.63) is 29.0 Å². The minimum Gasteiger partial charge on any atom is -0.359 e. The second kappa shape index (κ2) is 3.74. The van der Waals surface area contributed by atoms with E-state index in [-0.39, 0.29) is 0 Å². The van der Waals surface area contributed by atoms with Crippen LogP contribution in [0.4, 0.5) is 0 Å². The van der Waals surface area contributed by atoms with Crippen LogP contribution >= 0.6 is 11.6 Å². The fourth-order valence-electron chi connectivity index (χ4n) is 0.599. The second-order valence-electron chi connectivity index (χ2n) is 1.97. The monoisotopic (exact) mass is 180 g/mol. The van der Waals surface area contributed by atoms with Gasteiger partial charge in [-0.05, 0) is 18.1 Å². The van der Waals surface area contributed by atoms with Crippen LogP contribution in [0.3, 0.4) is 0 Å². The van der Waals surface area contributed by atoms with Crippen LogP contribution in [0.1, 0.15) is 5.69 Å². The Kier molecular flexibility index (Phi) is 2.67. The summed E-state index contributed by atoms with van der Waals surface area (Å²) in [5, 5.41) is 0.527. The maximum Gasteiger partial charge on any atom is 0.293 e. The molecule has 1 amide bonds. The standard InChI is InChI=1S/C8H5ClN2O/c9-6-3-4-11-7(5-6)1-2-8(10)12/h3-5H,(H2,10,12). The van der Waals surface area contributed by atoms with Crippen LogP contribution in [-0.2, 0) is 4.79 Å². The number of nitrogens with two attached hydrogens (primary N) is 1. The predicted octanol–water partition coefficient (Wildman–Crippen LogP) is 0.572. The topological polar surface area (TPSA) is 56.0 Å². The van der Waals surface area contributed by atoms with Crippen LogP contribution < -0.4 is 5.73 Å². The van der Waals surface area contributed by atoms with Gasteiger partial charge in [0.25, 0.3) is 5.91 Å². The van der Waals surface area contributed by atoms with E-state index in [0.717, 1.165) is 0 Å². The van der Waals surface area contributed by atoms with E-state index in [9.17, 15) is 4.79 Å². The van der Waals surface area contributed by atoms with E-state index < -0.39 is 5.91 Å². The van der Waals surface area contributed by atoms with Gasteiger partial charge in [0.2, 0.25) is 0 Å². The lowest BCUT2D eigenvalue weighted by Gasteiger charge is -1.88. The van der Waals surface area contributed by atoms with Crippen molar-refractivity contribution in [2.75, 3.05) is 0 Å². The van der Waals surface area contributed by atoms with E-state index in [1.165, 1.54) is 6.20 Å². The van der Waals surface area contributed by atoms with Gasteiger partial charge in [-0.2, -0.15) is 0 Å². The van der Waals surface area contributed by atoms with E-state index in [1.54, 1.807) is 12.1 Å². The van der Waals surface area contributed by atoms with Gasteiger partial charge in [0.1, 0.15) is 5.69 Å². The van der Waals surface area contributed by atoms with Gasteiger partial charge in [-0.3, -0.25) is 4.79 Å². The first-order chi connectivity index (χ1) is 5.68. The maximum absolute atomic E-state index is 10.2. The van der Waals surface area contributed by atoms with Crippen molar-refractivity contribution in [1.82, 2.24) is 4.98 Å². The summed E-state index contributed by atoms with van der Waals surface area (Å²) < 4.78 is 0. The molecular weight excluding hydrogens is 176 g/mol. The van der Waals surface area contributed by atoms with Crippen molar-refractivity contribution in [1.29, 1.82) is 0 Å². The molecule has 1 rings (SSSR count). The van der Waals surface area contributed by atoms with Gasteiger partial charge in [-0.25, -0.2) is 4.98 Å². The fourth-order valence-corrected chi connectivity index (χ4v) is 0.758. The summed E-state index contributed by atoms with van der Waals surface area (Å²) in [6.07, 6.45) is 1.51. The summed E-state index contributed by atoms with van der Waals surface area (Å²) >= 11 is 5.64. The van der Waals surface area contributed by atoms with E-state index in [0.29, 0.717) is 10.7 Å². The highest BCUT2D eigenvalue weighted by molar-refractivity contribution is 6.30.